The summed E-state index contributed by atoms with van der Waals surface area (Å²) in [7, 11) is 3.88. The predicted octanol–water partition coefficient (Wildman–Crippen LogP) is 2.13. The van der Waals surface area contributed by atoms with Crippen LogP contribution in [0.2, 0.25) is 0 Å². The molecule has 2 rings (SSSR count). The summed E-state index contributed by atoms with van der Waals surface area (Å²) in [6.45, 7) is 3.49. The van der Waals surface area contributed by atoms with Crippen molar-refractivity contribution < 1.29 is 14.3 Å². The monoisotopic (exact) mass is 315 g/mol. The zero-order chi connectivity index (χ0) is 17.0. The molecule has 0 aliphatic rings. The summed E-state index contributed by atoms with van der Waals surface area (Å²) in [6.07, 6.45) is 0.772. The molecule has 1 amide bonds. The Labute approximate surface area is 135 Å². The fraction of sp³-hybridized carbons (Fsp3) is 0.294. The lowest BCUT2D eigenvalue weighted by atomic mass is 10.3. The molecule has 122 valence electrons. The molecule has 0 spiro atoms. The van der Waals surface area contributed by atoms with Crippen molar-refractivity contribution in [1.29, 1.82) is 0 Å². The predicted molar refractivity (Wildman–Crippen MR) is 89.9 cm³/mol. The number of anilines is 1. The number of nitrogens with one attached hydrogen (secondary N) is 1. The number of aryl methyl sites for hydroxylation is 1. The number of benzene rings is 1. The van der Waals surface area contributed by atoms with E-state index < -0.39 is 0 Å². The smallest absolute Gasteiger partial charge is 0.276 e. The van der Waals surface area contributed by atoms with Crippen LogP contribution in [0.5, 0.6) is 5.75 Å². The van der Waals surface area contributed by atoms with Crippen LogP contribution in [0.25, 0.3) is 0 Å². The third kappa shape index (κ3) is 3.91. The Bertz CT molecular complexity index is 720. The number of carbonyl (C=O) groups excluding carboxylic acids is 2. The van der Waals surface area contributed by atoms with E-state index in [9.17, 15) is 9.59 Å². The lowest BCUT2D eigenvalue weighted by Gasteiger charge is -2.15. The van der Waals surface area contributed by atoms with E-state index in [0.717, 1.165) is 17.7 Å². The maximum absolute atomic E-state index is 12.1. The Balaban J connectivity index is 1.99. The highest BCUT2D eigenvalue weighted by Gasteiger charge is 2.11. The standard InChI is InChI=1S/C17H21N3O3/c1-12-8-14(10-21)13(2)20(12)18-17(22)11-23-16-7-5-6-15(9-16)19(3)4/h5-10H,11H2,1-4H3,(H,18,22). The van der Waals surface area contributed by atoms with Crippen LogP contribution >= 0.6 is 0 Å². The topological polar surface area (TPSA) is 63.6 Å². The van der Waals surface area contributed by atoms with Crippen molar-refractivity contribution in [2.45, 2.75) is 13.8 Å². The van der Waals surface area contributed by atoms with Crippen molar-refractivity contribution in [1.82, 2.24) is 4.68 Å². The average molecular weight is 315 g/mol. The summed E-state index contributed by atoms with van der Waals surface area (Å²) in [4.78, 5) is 24.9. The van der Waals surface area contributed by atoms with Crippen LogP contribution in [0.1, 0.15) is 21.7 Å². The molecule has 1 aromatic heterocycles. The number of aromatic nitrogens is 1. The molecule has 0 saturated carbocycles. The maximum Gasteiger partial charge on any atom is 0.276 e. The number of rotatable bonds is 6. The number of hydrogen-bond donors (Lipinski definition) is 1. The SMILES string of the molecule is Cc1cc(C=O)c(C)n1NC(=O)COc1cccc(N(C)C)c1. The van der Waals surface area contributed by atoms with Gasteiger partial charge in [0.15, 0.2) is 12.9 Å². The van der Waals surface area contributed by atoms with E-state index in [1.54, 1.807) is 23.7 Å². The molecule has 6 heteroatoms. The van der Waals surface area contributed by atoms with Crippen LogP contribution in [0.3, 0.4) is 0 Å². The van der Waals surface area contributed by atoms with E-state index in [2.05, 4.69) is 5.43 Å². The van der Waals surface area contributed by atoms with Gasteiger partial charge in [-0.25, -0.2) is 0 Å². The Morgan fingerprint density at radius 1 is 1.30 bits per heavy atom. The summed E-state index contributed by atoms with van der Waals surface area (Å²) in [6, 6.07) is 9.23. The van der Waals surface area contributed by atoms with Crippen LogP contribution in [0, 0.1) is 13.8 Å². The second-order valence-corrected chi connectivity index (χ2v) is 5.50. The summed E-state index contributed by atoms with van der Waals surface area (Å²) in [5, 5.41) is 0. The number of aldehydes is 1. The van der Waals surface area contributed by atoms with E-state index in [-0.39, 0.29) is 12.5 Å². The minimum absolute atomic E-state index is 0.107. The first-order valence-electron chi connectivity index (χ1n) is 7.26. The quantitative estimate of drug-likeness (QED) is 0.830. The van der Waals surface area contributed by atoms with Crippen molar-refractivity contribution in [2.24, 2.45) is 0 Å². The van der Waals surface area contributed by atoms with E-state index in [0.29, 0.717) is 17.0 Å². The number of ether oxygens (including phenoxy) is 1. The zero-order valence-electron chi connectivity index (χ0n) is 13.8. The summed E-state index contributed by atoms with van der Waals surface area (Å²) in [5.41, 5.74) is 5.76. The molecule has 0 aliphatic carbocycles. The Hall–Kier alpha value is -2.76. The highest BCUT2D eigenvalue weighted by atomic mass is 16.5. The van der Waals surface area contributed by atoms with Gasteiger partial charge in [0.1, 0.15) is 5.75 Å². The van der Waals surface area contributed by atoms with Crippen LogP contribution in [-0.4, -0.2) is 37.6 Å². The van der Waals surface area contributed by atoms with E-state index in [1.807, 2.05) is 44.1 Å². The van der Waals surface area contributed by atoms with Crippen molar-refractivity contribution in [3.63, 3.8) is 0 Å². The zero-order valence-corrected chi connectivity index (χ0v) is 13.8. The van der Waals surface area contributed by atoms with E-state index >= 15 is 0 Å². The van der Waals surface area contributed by atoms with Gasteiger partial charge >= 0.3 is 0 Å². The minimum atomic E-state index is -0.292. The van der Waals surface area contributed by atoms with Gasteiger partial charge < -0.3 is 9.64 Å². The lowest BCUT2D eigenvalue weighted by molar-refractivity contribution is -0.119. The van der Waals surface area contributed by atoms with Crippen molar-refractivity contribution >= 4 is 17.9 Å². The lowest BCUT2D eigenvalue weighted by Crippen LogP contribution is -2.29. The van der Waals surface area contributed by atoms with Gasteiger partial charge in [-0.15, -0.1) is 0 Å². The van der Waals surface area contributed by atoms with Crippen molar-refractivity contribution in [3.8, 4) is 5.75 Å². The number of amides is 1. The second kappa shape index (κ2) is 7.00. The Kier molecular flexibility index (Phi) is 5.05. The molecule has 1 heterocycles. The maximum atomic E-state index is 12.1. The second-order valence-electron chi connectivity index (χ2n) is 5.50. The first-order valence-corrected chi connectivity index (χ1v) is 7.26. The Morgan fingerprint density at radius 3 is 2.65 bits per heavy atom. The summed E-state index contributed by atoms with van der Waals surface area (Å²) in [5.74, 6) is 0.334. The molecule has 23 heavy (non-hydrogen) atoms. The number of hydrogen-bond acceptors (Lipinski definition) is 4. The van der Waals surface area contributed by atoms with Gasteiger partial charge in [-0.3, -0.25) is 19.7 Å². The van der Waals surface area contributed by atoms with Gasteiger partial charge in [0.05, 0.1) is 0 Å². The summed E-state index contributed by atoms with van der Waals surface area (Å²) >= 11 is 0. The molecule has 1 aromatic carbocycles. The molecule has 2 aromatic rings. The van der Waals surface area contributed by atoms with Gasteiger partial charge in [0.25, 0.3) is 5.91 Å². The van der Waals surface area contributed by atoms with Crippen molar-refractivity contribution in [3.05, 3.63) is 47.3 Å². The molecule has 0 aliphatic heterocycles. The van der Waals surface area contributed by atoms with Crippen LogP contribution in [-0.2, 0) is 4.79 Å². The average Bonchev–Trinajstić information content (AvgIpc) is 2.80. The molecule has 0 unspecified atom stereocenters. The molecular weight excluding hydrogens is 294 g/mol. The van der Waals surface area contributed by atoms with E-state index in [4.69, 9.17) is 4.74 Å². The highest BCUT2D eigenvalue weighted by Crippen LogP contribution is 2.19. The van der Waals surface area contributed by atoms with E-state index in [1.165, 1.54) is 0 Å². The minimum Gasteiger partial charge on any atom is -0.484 e. The van der Waals surface area contributed by atoms with Gasteiger partial charge in [-0.2, -0.15) is 0 Å². The first kappa shape index (κ1) is 16.6. The number of carbonyl (C=O) groups is 2. The molecule has 0 saturated heterocycles. The normalized spacial score (nSPS) is 10.3. The van der Waals surface area contributed by atoms with Gasteiger partial charge in [0, 0.05) is 42.8 Å². The van der Waals surface area contributed by atoms with Gasteiger partial charge in [-0.1, -0.05) is 6.07 Å². The number of nitrogens with zero attached hydrogens (tertiary/aromatic N) is 2. The highest BCUT2D eigenvalue weighted by molar-refractivity contribution is 5.86. The van der Waals surface area contributed by atoms with Crippen LogP contribution < -0.4 is 15.1 Å². The third-order valence-corrected chi connectivity index (χ3v) is 3.54. The first-order chi connectivity index (χ1) is 10.9. The molecule has 0 bridgehead atoms. The fourth-order valence-corrected chi connectivity index (χ4v) is 2.24. The molecule has 1 N–H and O–H groups in total. The molecule has 0 radical (unpaired) electrons. The van der Waals surface area contributed by atoms with Crippen LogP contribution in [0.4, 0.5) is 5.69 Å². The van der Waals surface area contributed by atoms with Crippen molar-refractivity contribution in [2.75, 3.05) is 31.0 Å². The molecule has 6 nitrogen and oxygen atoms in total. The third-order valence-electron chi connectivity index (χ3n) is 3.54. The molecular formula is C17H21N3O3. The van der Waals surface area contributed by atoms with Gasteiger partial charge in [0.2, 0.25) is 0 Å². The summed E-state index contributed by atoms with van der Waals surface area (Å²) < 4.78 is 7.11. The Morgan fingerprint density at radius 2 is 2.04 bits per heavy atom. The largest absolute Gasteiger partial charge is 0.484 e. The fourth-order valence-electron chi connectivity index (χ4n) is 2.24. The molecule has 0 atom stereocenters. The molecule has 0 fully saturated rings. The van der Waals surface area contributed by atoms with Gasteiger partial charge in [-0.05, 0) is 32.0 Å². The van der Waals surface area contributed by atoms with Crippen LogP contribution in [0.15, 0.2) is 30.3 Å².